The Balaban J connectivity index is 1.82. The van der Waals surface area contributed by atoms with Gasteiger partial charge in [0.05, 0.1) is 9.30 Å². The molecule has 0 saturated heterocycles. The van der Waals surface area contributed by atoms with Gasteiger partial charge in [0.15, 0.2) is 0 Å². The molecule has 0 unspecified atom stereocenters. The number of nitrogens with zero attached hydrogens (tertiary/aromatic N) is 1. The highest BCUT2D eigenvalue weighted by atomic mass is 79.9. The van der Waals surface area contributed by atoms with Crippen LogP contribution in [0.15, 0.2) is 51.3 Å². The molecule has 1 N–H and O–H groups in total. The molecule has 0 fully saturated rings. The molecule has 0 amide bonds. The lowest BCUT2D eigenvalue weighted by molar-refractivity contribution is 0.582. The number of rotatable bonds is 5. The van der Waals surface area contributed by atoms with Crippen LogP contribution in [0.3, 0.4) is 0 Å². The second-order valence-corrected chi connectivity index (χ2v) is 9.48. The minimum atomic E-state index is -3.58. The maximum absolute atomic E-state index is 12.6. The summed E-state index contributed by atoms with van der Waals surface area (Å²) in [5, 5.41) is 0.829. The van der Waals surface area contributed by atoms with Gasteiger partial charge in [-0.05, 0) is 59.1 Å². The molecule has 2 heterocycles. The number of pyridine rings is 1. The zero-order chi connectivity index (χ0) is 16.4. The third-order valence-electron chi connectivity index (χ3n) is 3.39. The summed E-state index contributed by atoms with van der Waals surface area (Å²) in [7, 11) is -3.58. The van der Waals surface area contributed by atoms with E-state index in [9.17, 15) is 8.42 Å². The van der Waals surface area contributed by atoms with Gasteiger partial charge in [0.25, 0.3) is 0 Å². The molecule has 0 aliphatic carbocycles. The molecule has 2 aromatic heterocycles. The van der Waals surface area contributed by atoms with Crippen molar-refractivity contribution in [1.82, 2.24) is 9.71 Å². The first kappa shape index (κ1) is 16.6. The van der Waals surface area contributed by atoms with E-state index in [2.05, 4.69) is 25.6 Å². The summed E-state index contributed by atoms with van der Waals surface area (Å²) >= 11 is 5.01. The van der Waals surface area contributed by atoms with E-state index in [0.717, 1.165) is 19.6 Å². The number of aromatic nitrogens is 1. The molecule has 1 aromatic carbocycles. The molecule has 23 heavy (non-hydrogen) atoms. The molecule has 120 valence electrons. The minimum absolute atomic E-state index is 0.224. The monoisotopic (exact) mass is 410 g/mol. The molecule has 3 rings (SSSR count). The van der Waals surface area contributed by atoms with Crippen LogP contribution in [0.5, 0.6) is 0 Å². The van der Waals surface area contributed by atoms with Gasteiger partial charge in [-0.15, -0.1) is 11.3 Å². The van der Waals surface area contributed by atoms with Crippen LogP contribution in [-0.2, 0) is 16.4 Å². The fraction of sp³-hybridized carbons (Fsp3) is 0.188. The smallest absolute Gasteiger partial charge is 0.242 e. The lowest BCUT2D eigenvalue weighted by Gasteiger charge is -2.09. The van der Waals surface area contributed by atoms with E-state index in [-0.39, 0.29) is 4.90 Å². The third kappa shape index (κ3) is 3.80. The van der Waals surface area contributed by atoms with Crippen LogP contribution in [0.4, 0.5) is 0 Å². The zero-order valence-electron chi connectivity index (χ0n) is 12.4. The van der Waals surface area contributed by atoms with E-state index in [1.807, 2.05) is 31.2 Å². The Labute approximate surface area is 147 Å². The molecule has 0 atom stereocenters. The van der Waals surface area contributed by atoms with Crippen molar-refractivity contribution in [3.05, 3.63) is 56.8 Å². The highest BCUT2D eigenvalue weighted by Crippen LogP contribution is 2.23. The van der Waals surface area contributed by atoms with Gasteiger partial charge < -0.3 is 0 Å². The maximum Gasteiger partial charge on any atom is 0.242 e. The molecule has 0 aliphatic rings. The van der Waals surface area contributed by atoms with E-state index in [1.165, 1.54) is 0 Å². The van der Waals surface area contributed by atoms with Crippen LogP contribution < -0.4 is 4.72 Å². The van der Waals surface area contributed by atoms with Crippen molar-refractivity contribution in [3.63, 3.8) is 0 Å². The molecular formula is C16H15BrN2O2S2. The number of halogens is 1. The van der Waals surface area contributed by atoms with Gasteiger partial charge in [-0.1, -0.05) is 12.1 Å². The molecule has 0 saturated carbocycles. The summed E-state index contributed by atoms with van der Waals surface area (Å²) in [5.41, 5.74) is 1.51. The lowest BCUT2D eigenvalue weighted by Crippen LogP contribution is -2.26. The van der Waals surface area contributed by atoms with Gasteiger partial charge in [-0.3, -0.25) is 4.98 Å². The number of para-hydroxylation sites is 1. The van der Waals surface area contributed by atoms with Crippen LogP contribution in [-0.4, -0.2) is 19.9 Å². The van der Waals surface area contributed by atoms with Gasteiger partial charge in [0.1, 0.15) is 4.90 Å². The zero-order valence-corrected chi connectivity index (χ0v) is 15.6. The molecule has 0 aliphatic heterocycles. The lowest BCUT2D eigenvalue weighted by atomic mass is 10.2. The number of hydrogen-bond donors (Lipinski definition) is 1. The number of fused-ring (bicyclic) bond motifs is 1. The highest BCUT2D eigenvalue weighted by molar-refractivity contribution is 9.11. The Morgan fingerprint density at radius 2 is 2.09 bits per heavy atom. The van der Waals surface area contributed by atoms with Crippen molar-refractivity contribution in [2.24, 2.45) is 0 Å². The van der Waals surface area contributed by atoms with Crippen molar-refractivity contribution >= 4 is 48.2 Å². The van der Waals surface area contributed by atoms with Crippen molar-refractivity contribution < 1.29 is 8.42 Å². The summed E-state index contributed by atoms with van der Waals surface area (Å²) in [6.45, 7) is 2.29. The predicted molar refractivity (Wildman–Crippen MR) is 97.4 cm³/mol. The molecule has 7 heteroatoms. The fourth-order valence-electron chi connectivity index (χ4n) is 2.33. The quantitative estimate of drug-likeness (QED) is 0.693. The second kappa shape index (κ2) is 6.68. The summed E-state index contributed by atoms with van der Waals surface area (Å²) in [6.07, 6.45) is 2.34. The molecule has 0 radical (unpaired) electrons. The maximum atomic E-state index is 12.6. The standard InChI is InChI=1S/C16H15BrN2O2S2/c1-11-9-12-3-2-4-14(16(12)18-10-11)23(20,21)19-8-7-13-5-6-15(17)22-13/h2-6,9-10,19H,7-8H2,1H3. The van der Waals surface area contributed by atoms with E-state index in [1.54, 1.807) is 29.7 Å². The Morgan fingerprint density at radius 3 is 2.83 bits per heavy atom. The summed E-state index contributed by atoms with van der Waals surface area (Å²) in [5.74, 6) is 0. The summed E-state index contributed by atoms with van der Waals surface area (Å²) in [4.78, 5) is 5.65. The van der Waals surface area contributed by atoms with Crippen LogP contribution in [0.1, 0.15) is 10.4 Å². The Bertz CT molecular complexity index is 952. The average molecular weight is 411 g/mol. The SMILES string of the molecule is Cc1cnc2c(S(=O)(=O)NCCc3ccc(Br)s3)cccc2c1. The van der Waals surface area contributed by atoms with Crippen molar-refractivity contribution in [1.29, 1.82) is 0 Å². The van der Waals surface area contributed by atoms with Crippen molar-refractivity contribution in [2.75, 3.05) is 6.54 Å². The van der Waals surface area contributed by atoms with Crippen molar-refractivity contribution in [2.45, 2.75) is 18.2 Å². The second-order valence-electron chi connectivity index (χ2n) is 5.19. The van der Waals surface area contributed by atoms with Gasteiger partial charge in [-0.2, -0.15) is 0 Å². The molecule has 0 bridgehead atoms. The van der Waals surface area contributed by atoms with Crippen LogP contribution >= 0.6 is 27.3 Å². The van der Waals surface area contributed by atoms with Gasteiger partial charge >= 0.3 is 0 Å². The van der Waals surface area contributed by atoms with Crippen LogP contribution in [0.2, 0.25) is 0 Å². The van der Waals surface area contributed by atoms with Crippen LogP contribution in [0.25, 0.3) is 10.9 Å². The normalized spacial score (nSPS) is 11.9. The van der Waals surface area contributed by atoms with E-state index in [4.69, 9.17) is 0 Å². The number of thiophene rings is 1. The number of benzene rings is 1. The average Bonchev–Trinajstić information content (AvgIpc) is 2.91. The Morgan fingerprint density at radius 1 is 1.26 bits per heavy atom. The third-order valence-corrected chi connectivity index (χ3v) is 6.57. The topological polar surface area (TPSA) is 59.1 Å². The Kier molecular flexibility index (Phi) is 4.82. The van der Waals surface area contributed by atoms with Gasteiger partial charge in [-0.25, -0.2) is 13.1 Å². The van der Waals surface area contributed by atoms with E-state index < -0.39 is 10.0 Å². The largest absolute Gasteiger partial charge is 0.255 e. The molecule has 0 spiro atoms. The minimum Gasteiger partial charge on any atom is -0.255 e. The summed E-state index contributed by atoms with van der Waals surface area (Å²) in [6, 6.07) is 11.1. The van der Waals surface area contributed by atoms with Crippen molar-refractivity contribution in [3.8, 4) is 0 Å². The number of sulfonamides is 1. The van der Waals surface area contributed by atoms with E-state index in [0.29, 0.717) is 18.5 Å². The van der Waals surface area contributed by atoms with Gasteiger partial charge in [0, 0.05) is 23.0 Å². The highest BCUT2D eigenvalue weighted by Gasteiger charge is 2.17. The predicted octanol–water partition coefficient (Wildman–Crippen LogP) is 3.89. The number of nitrogens with one attached hydrogen (secondary N) is 1. The first-order chi connectivity index (χ1) is 11.0. The fourth-order valence-corrected chi connectivity index (χ4v) is 5.02. The Hall–Kier alpha value is -1.28. The molecule has 4 nitrogen and oxygen atoms in total. The molecule has 3 aromatic rings. The first-order valence-corrected chi connectivity index (χ1v) is 10.1. The first-order valence-electron chi connectivity index (χ1n) is 7.05. The summed E-state index contributed by atoms with van der Waals surface area (Å²) < 4.78 is 28.8. The number of aryl methyl sites for hydroxylation is 1. The van der Waals surface area contributed by atoms with E-state index >= 15 is 0 Å². The molecular weight excluding hydrogens is 396 g/mol. The number of hydrogen-bond acceptors (Lipinski definition) is 4. The van der Waals surface area contributed by atoms with Gasteiger partial charge in [0.2, 0.25) is 10.0 Å². The van der Waals surface area contributed by atoms with Crippen LogP contribution in [0, 0.1) is 6.92 Å².